The molecule has 6 nitrogen and oxygen atoms in total. The van der Waals surface area contributed by atoms with Crippen LogP contribution < -0.4 is 10.6 Å². The Morgan fingerprint density at radius 3 is 2.38 bits per heavy atom. The highest BCUT2D eigenvalue weighted by Gasteiger charge is 2.15. The number of carbonyl (C=O) groups excluding carboxylic acids is 3. The van der Waals surface area contributed by atoms with E-state index in [1.807, 2.05) is 12.1 Å². The fourth-order valence-corrected chi connectivity index (χ4v) is 4.28. The Hall–Kier alpha value is -4.20. The summed E-state index contributed by atoms with van der Waals surface area (Å²) >= 11 is 7.25. The van der Waals surface area contributed by atoms with Crippen molar-refractivity contribution in [3.8, 4) is 0 Å². The summed E-state index contributed by atoms with van der Waals surface area (Å²) < 4.78 is 0. The molecule has 184 valence electrons. The van der Waals surface area contributed by atoms with Gasteiger partial charge in [-0.2, -0.15) is 0 Å². The lowest BCUT2D eigenvalue weighted by Gasteiger charge is -2.12. The smallest absolute Gasteiger partial charge is 0.272 e. The molecule has 1 heterocycles. The van der Waals surface area contributed by atoms with Gasteiger partial charge in [-0.05, 0) is 72.3 Å². The van der Waals surface area contributed by atoms with Crippen LogP contribution in [-0.2, 0) is 4.79 Å². The van der Waals surface area contributed by atoms with Gasteiger partial charge in [0.1, 0.15) is 5.70 Å². The second-order valence-corrected chi connectivity index (χ2v) is 9.35. The van der Waals surface area contributed by atoms with Crippen LogP contribution >= 0.6 is 23.4 Å². The average Bonchev–Trinajstić information content (AvgIpc) is 2.93. The maximum absolute atomic E-state index is 13.2. The Kier molecular flexibility index (Phi) is 8.86. The van der Waals surface area contributed by atoms with Crippen molar-refractivity contribution in [2.24, 2.45) is 0 Å². The molecule has 3 aromatic carbocycles. The first-order valence-corrected chi connectivity index (χ1v) is 12.7. The summed E-state index contributed by atoms with van der Waals surface area (Å²) in [5, 5.41) is 6.11. The molecule has 0 aliphatic heterocycles. The molecule has 1 aromatic heterocycles. The Morgan fingerprint density at radius 2 is 1.65 bits per heavy atom. The number of hydrogen-bond donors (Lipinski definition) is 2. The van der Waals surface area contributed by atoms with E-state index in [1.54, 1.807) is 97.3 Å². The highest BCUT2D eigenvalue weighted by molar-refractivity contribution is 8.00. The third-order valence-corrected chi connectivity index (χ3v) is 6.40. The summed E-state index contributed by atoms with van der Waals surface area (Å²) in [7, 11) is 0. The fraction of sp³-hybridized carbons (Fsp3) is 0.0345. The van der Waals surface area contributed by atoms with Crippen molar-refractivity contribution in [3.05, 3.63) is 131 Å². The number of halogens is 1. The third kappa shape index (κ3) is 7.64. The zero-order valence-electron chi connectivity index (χ0n) is 19.6. The van der Waals surface area contributed by atoms with Gasteiger partial charge in [-0.3, -0.25) is 19.4 Å². The van der Waals surface area contributed by atoms with E-state index in [2.05, 4.69) is 15.6 Å². The maximum Gasteiger partial charge on any atom is 0.272 e. The van der Waals surface area contributed by atoms with Crippen LogP contribution in [-0.4, -0.2) is 28.3 Å². The van der Waals surface area contributed by atoms with Gasteiger partial charge < -0.3 is 10.6 Å². The summed E-state index contributed by atoms with van der Waals surface area (Å²) in [6, 6.07) is 26.1. The average molecular weight is 528 g/mol. The van der Waals surface area contributed by atoms with Crippen molar-refractivity contribution in [1.82, 2.24) is 10.3 Å². The van der Waals surface area contributed by atoms with E-state index in [0.29, 0.717) is 27.4 Å². The van der Waals surface area contributed by atoms with E-state index >= 15 is 0 Å². The van der Waals surface area contributed by atoms with E-state index < -0.39 is 11.8 Å². The predicted octanol–water partition coefficient (Wildman–Crippen LogP) is 6.12. The van der Waals surface area contributed by atoms with Gasteiger partial charge in [0, 0.05) is 39.1 Å². The number of amides is 2. The molecule has 4 rings (SSSR count). The molecule has 0 bridgehead atoms. The number of rotatable bonds is 9. The lowest BCUT2D eigenvalue weighted by molar-refractivity contribution is -0.113. The summed E-state index contributed by atoms with van der Waals surface area (Å²) in [4.78, 5) is 43.3. The molecule has 0 radical (unpaired) electrons. The highest BCUT2D eigenvalue weighted by atomic mass is 35.5. The number of anilines is 1. The lowest BCUT2D eigenvalue weighted by Crippen LogP contribution is -2.30. The van der Waals surface area contributed by atoms with Crippen LogP contribution in [0.5, 0.6) is 0 Å². The Labute approximate surface area is 223 Å². The second kappa shape index (κ2) is 12.7. The summed E-state index contributed by atoms with van der Waals surface area (Å²) in [5.41, 5.74) is 2.26. The van der Waals surface area contributed by atoms with Crippen molar-refractivity contribution < 1.29 is 14.4 Å². The molecule has 4 aromatic rings. The summed E-state index contributed by atoms with van der Waals surface area (Å²) in [5.74, 6) is -0.692. The normalized spacial score (nSPS) is 11.0. The Balaban J connectivity index is 1.46. The zero-order chi connectivity index (χ0) is 26.0. The van der Waals surface area contributed by atoms with Crippen LogP contribution in [0.25, 0.3) is 6.08 Å². The summed E-state index contributed by atoms with van der Waals surface area (Å²) in [6.45, 7) is 0. The minimum Gasteiger partial charge on any atom is -0.321 e. The van der Waals surface area contributed by atoms with Crippen LogP contribution in [0, 0.1) is 0 Å². The molecule has 0 saturated carbocycles. The predicted molar refractivity (Wildman–Crippen MR) is 148 cm³/mol. The molecular weight excluding hydrogens is 506 g/mol. The third-order valence-electron chi connectivity index (χ3n) is 5.15. The molecule has 0 atom stereocenters. The number of benzene rings is 3. The van der Waals surface area contributed by atoms with Gasteiger partial charge in [0.2, 0.25) is 0 Å². The first kappa shape index (κ1) is 25.9. The summed E-state index contributed by atoms with van der Waals surface area (Å²) in [6.07, 6.45) is 4.78. The number of nitrogens with one attached hydrogen (secondary N) is 2. The van der Waals surface area contributed by atoms with Crippen molar-refractivity contribution >= 4 is 52.7 Å². The van der Waals surface area contributed by atoms with Gasteiger partial charge in [0.15, 0.2) is 5.78 Å². The molecule has 2 N–H and O–H groups in total. The number of pyridine rings is 1. The molecule has 0 saturated heterocycles. The number of aromatic nitrogens is 1. The second-order valence-electron chi connectivity index (χ2n) is 7.87. The first-order chi connectivity index (χ1) is 18.0. The van der Waals surface area contributed by atoms with E-state index in [0.717, 1.165) is 4.90 Å². The van der Waals surface area contributed by atoms with Gasteiger partial charge in [-0.15, -0.1) is 11.8 Å². The fourth-order valence-electron chi connectivity index (χ4n) is 3.30. The first-order valence-electron chi connectivity index (χ1n) is 11.3. The zero-order valence-corrected chi connectivity index (χ0v) is 21.1. The van der Waals surface area contributed by atoms with E-state index in [4.69, 9.17) is 11.6 Å². The minimum absolute atomic E-state index is 0.0265. The highest BCUT2D eigenvalue weighted by Crippen LogP contribution is 2.23. The van der Waals surface area contributed by atoms with Crippen LogP contribution in [0.4, 0.5) is 5.69 Å². The molecule has 2 amide bonds. The molecule has 0 aliphatic rings. The number of ketones is 1. The van der Waals surface area contributed by atoms with Crippen LogP contribution in [0.15, 0.2) is 114 Å². The van der Waals surface area contributed by atoms with E-state index in [9.17, 15) is 14.4 Å². The molecule has 0 fully saturated rings. The molecule has 37 heavy (non-hydrogen) atoms. The van der Waals surface area contributed by atoms with Crippen LogP contribution in [0.3, 0.4) is 0 Å². The lowest BCUT2D eigenvalue weighted by atomic mass is 10.1. The molecular formula is C29H22ClN3O3S. The Bertz CT molecular complexity index is 1430. The monoisotopic (exact) mass is 527 g/mol. The number of nitrogens with zero attached hydrogens (tertiary/aromatic N) is 1. The molecule has 8 heteroatoms. The number of hydrogen-bond acceptors (Lipinski definition) is 5. The van der Waals surface area contributed by atoms with Crippen molar-refractivity contribution in [2.75, 3.05) is 11.1 Å². The van der Waals surface area contributed by atoms with E-state index in [-0.39, 0.29) is 17.2 Å². The topological polar surface area (TPSA) is 88.2 Å². The standard InChI is InChI=1S/C29H22ClN3O3S/c30-23-13-11-21(12-14-23)27(34)19-37-25-10-4-9-24(17-25)32-29(36)26(16-20-6-5-15-31-18-20)33-28(35)22-7-2-1-3-8-22/h1-18H,19H2,(H,32,36)(H,33,35)/b26-16-. The number of thioether (sulfide) groups is 1. The number of carbonyl (C=O) groups is 3. The van der Waals surface area contributed by atoms with Crippen LogP contribution in [0.2, 0.25) is 5.02 Å². The van der Waals surface area contributed by atoms with Gasteiger partial charge in [0.25, 0.3) is 11.8 Å². The SMILES string of the molecule is O=C(Nc1cccc(SCC(=O)c2ccc(Cl)cc2)c1)/C(=C/c1cccnc1)NC(=O)c1ccccc1. The van der Waals surface area contributed by atoms with Gasteiger partial charge in [-0.1, -0.05) is 41.9 Å². The molecule has 0 spiro atoms. The van der Waals surface area contributed by atoms with E-state index in [1.165, 1.54) is 11.8 Å². The van der Waals surface area contributed by atoms with Crippen LogP contribution in [0.1, 0.15) is 26.3 Å². The van der Waals surface area contributed by atoms with Crippen molar-refractivity contribution in [2.45, 2.75) is 4.90 Å². The van der Waals surface area contributed by atoms with Gasteiger partial charge in [-0.25, -0.2) is 0 Å². The van der Waals surface area contributed by atoms with Crippen molar-refractivity contribution in [1.29, 1.82) is 0 Å². The Morgan fingerprint density at radius 1 is 0.865 bits per heavy atom. The molecule has 0 aliphatic carbocycles. The maximum atomic E-state index is 13.2. The largest absolute Gasteiger partial charge is 0.321 e. The molecule has 0 unspecified atom stereocenters. The number of Topliss-reactive ketones (excluding diaryl/α,β-unsaturated/α-hetero) is 1. The van der Waals surface area contributed by atoms with Crippen molar-refractivity contribution in [3.63, 3.8) is 0 Å². The quantitative estimate of drug-likeness (QED) is 0.155. The minimum atomic E-state index is -0.493. The van der Waals surface area contributed by atoms with Gasteiger partial charge >= 0.3 is 0 Å². The van der Waals surface area contributed by atoms with Gasteiger partial charge in [0.05, 0.1) is 5.75 Å².